The molecule has 7 atom stereocenters. The first-order valence-electron chi connectivity index (χ1n) is 9.32. The highest BCUT2D eigenvalue weighted by Gasteiger charge is 2.67. The van der Waals surface area contributed by atoms with Crippen molar-refractivity contribution in [3.05, 3.63) is 11.6 Å². The maximum atomic E-state index is 11.8. The van der Waals surface area contributed by atoms with E-state index in [2.05, 4.69) is 13.0 Å². The molecule has 0 bridgehead atoms. The molecule has 0 radical (unpaired) electrons. The number of carbonyl (C=O) groups is 1. The van der Waals surface area contributed by atoms with Crippen LogP contribution in [0.25, 0.3) is 0 Å². The van der Waals surface area contributed by atoms with Gasteiger partial charge >= 0.3 is 0 Å². The second kappa shape index (κ2) is 4.93. The Labute approximate surface area is 143 Å². The van der Waals surface area contributed by atoms with E-state index in [1.54, 1.807) is 0 Å². The number of fused-ring (bicyclic) bond motifs is 5. The smallest absolute Gasteiger partial charge is 0.159 e. The SMILES string of the molecule is C[C@]12CCC(=O)C=C1CC[C@@H]1[C@@H]2CC(O)[C@@]2(C)[C@H]1CCC2(O)C#N. The lowest BCUT2D eigenvalue weighted by Crippen LogP contribution is -2.60. The van der Waals surface area contributed by atoms with Crippen LogP contribution in [0.1, 0.15) is 58.8 Å². The molecule has 0 heterocycles. The fourth-order valence-electron chi connectivity index (χ4n) is 6.75. The predicted molar refractivity (Wildman–Crippen MR) is 88.7 cm³/mol. The molecule has 3 saturated carbocycles. The number of carbonyl (C=O) groups excluding carboxylic acids is 1. The molecule has 0 spiro atoms. The van der Waals surface area contributed by atoms with Crippen molar-refractivity contribution in [1.29, 1.82) is 5.26 Å². The van der Waals surface area contributed by atoms with Gasteiger partial charge in [0.25, 0.3) is 0 Å². The summed E-state index contributed by atoms with van der Waals surface area (Å²) in [6.07, 6.45) is 6.52. The summed E-state index contributed by atoms with van der Waals surface area (Å²) in [5.74, 6) is 1.20. The van der Waals surface area contributed by atoms with E-state index in [-0.39, 0.29) is 17.1 Å². The topological polar surface area (TPSA) is 81.3 Å². The Kier molecular flexibility index (Phi) is 3.34. The Hall–Kier alpha value is -1.18. The second-order valence-corrected chi connectivity index (χ2v) is 9.01. The zero-order valence-corrected chi connectivity index (χ0v) is 14.6. The highest BCUT2D eigenvalue weighted by Crippen LogP contribution is 2.67. The third kappa shape index (κ3) is 1.78. The average Bonchev–Trinajstić information content (AvgIpc) is 2.83. The van der Waals surface area contributed by atoms with Gasteiger partial charge in [0.05, 0.1) is 12.2 Å². The molecule has 24 heavy (non-hydrogen) atoms. The number of aliphatic hydroxyl groups excluding tert-OH is 1. The van der Waals surface area contributed by atoms with Crippen LogP contribution in [0.2, 0.25) is 0 Å². The summed E-state index contributed by atoms with van der Waals surface area (Å²) >= 11 is 0. The normalized spacial score (nSPS) is 53.5. The lowest BCUT2D eigenvalue weighted by molar-refractivity contribution is -0.170. The van der Waals surface area contributed by atoms with Gasteiger partial charge in [0.15, 0.2) is 11.4 Å². The number of allylic oxidation sites excluding steroid dienone is 1. The van der Waals surface area contributed by atoms with E-state index >= 15 is 0 Å². The third-order valence-electron chi connectivity index (χ3n) is 8.39. The first kappa shape index (κ1) is 16.3. The number of aliphatic hydroxyl groups is 2. The van der Waals surface area contributed by atoms with Gasteiger partial charge in [-0.15, -0.1) is 0 Å². The van der Waals surface area contributed by atoms with E-state index in [0.717, 1.165) is 25.7 Å². The molecule has 0 amide bonds. The zero-order chi connectivity index (χ0) is 17.3. The van der Waals surface area contributed by atoms with Gasteiger partial charge in [-0.2, -0.15) is 5.26 Å². The predicted octanol–water partition coefficient (Wildman–Crippen LogP) is 2.74. The summed E-state index contributed by atoms with van der Waals surface area (Å²) in [4.78, 5) is 11.8. The Morgan fingerprint density at radius 2 is 1.96 bits per heavy atom. The van der Waals surface area contributed by atoms with Crippen molar-refractivity contribution in [1.82, 2.24) is 0 Å². The van der Waals surface area contributed by atoms with Crippen molar-refractivity contribution in [2.75, 3.05) is 0 Å². The number of nitrogens with zero attached hydrogens (tertiary/aromatic N) is 1. The molecule has 130 valence electrons. The lowest BCUT2D eigenvalue weighted by Gasteiger charge is -2.59. The molecule has 4 nitrogen and oxygen atoms in total. The summed E-state index contributed by atoms with van der Waals surface area (Å²) in [5.41, 5.74) is -0.886. The number of ketones is 1. The van der Waals surface area contributed by atoms with Gasteiger partial charge in [-0.3, -0.25) is 4.79 Å². The van der Waals surface area contributed by atoms with Crippen molar-refractivity contribution < 1.29 is 15.0 Å². The van der Waals surface area contributed by atoms with Crippen LogP contribution in [0.15, 0.2) is 11.6 Å². The monoisotopic (exact) mass is 329 g/mol. The first-order valence-corrected chi connectivity index (χ1v) is 9.32. The van der Waals surface area contributed by atoms with Crippen molar-refractivity contribution in [2.45, 2.75) is 70.5 Å². The fraction of sp³-hybridized carbons (Fsp3) is 0.800. The summed E-state index contributed by atoms with van der Waals surface area (Å²) in [6, 6.07) is 2.12. The standard InChI is InChI=1S/C20H27NO3/c1-18-7-5-13(22)9-12(18)3-4-14-15-6-8-20(24,11-21)19(15,2)17(23)10-16(14)18/h9,14-17,23-24H,3-8,10H2,1-2H3/t14-,15-,16-,17?,18-,19+,20?/m0/s1. The Morgan fingerprint density at radius 1 is 1.21 bits per heavy atom. The Bertz CT molecular complexity index is 664. The van der Waals surface area contributed by atoms with E-state index in [1.807, 2.05) is 13.0 Å². The van der Waals surface area contributed by atoms with Crippen LogP contribution in [-0.4, -0.2) is 27.7 Å². The number of hydrogen-bond donors (Lipinski definition) is 2. The molecule has 4 heteroatoms. The van der Waals surface area contributed by atoms with Crippen LogP contribution < -0.4 is 0 Å². The highest BCUT2D eigenvalue weighted by atomic mass is 16.3. The van der Waals surface area contributed by atoms with E-state index in [1.165, 1.54) is 5.57 Å². The molecule has 3 fully saturated rings. The summed E-state index contributed by atoms with van der Waals surface area (Å²) < 4.78 is 0. The van der Waals surface area contributed by atoms with E-state index < -0.39 is 17.1 Å². The minimum absolute atomic E-state index is 0.00745. The Balaban J connectivity index is 1.75. The molecular weight excluding hydrogens is 302 g/mol. The van der Waals surface area contributed by atoms with Crippen LogP contribution in [0.3, 0.4) is 0 Å². The van der Waals surface area contributed by atoms with Gasteiger partial charge in [-0.05, 0) is 67.8 Å². The lowest BCUT2D eigenvalue weighted by atomic mass is 9.45. The van der Waals surface area contributed by atoms with Crippen LogP contribution in [0.5, 0.6) is 0 Å². The van der Waals surface area contributed by atoms with E-state index in [9.17, 15) is 20.3 Å². The number of rotatable bonds is 0. The summed E-state index contributed by atoms with van der Waals surface area (Å²) in [5, 5.41) is 31.4. The summed E-state index contributed by atoms with van der Waals surface area (Å²) in [6.45, 7) is 4.19. The van der Waals surface area contributed by atoms with Crippen molar-refractivity contribution >= 4 is 5.78 Å². The van der Waals surface area contributed by atoms with Gasteiger partial charge in [0.2, 0.25) is 0 Å². The molecule has 2 unspecified atom stereocenters. The molecule has 0 saturated heterocycles. The molecular formula is C20H27NO3. The van der Waals surface area contributed by atoms with Crippen LogP contribution in [0, 0.1) is 39.9 Å². The third-order valence-corrected chi connectivity index (χ3v) is 8.39. The van der Waals surface area contributed by atoms with Gasteiger partial charge in [0.1, 0.15) is 0 Å². The largest absolute Gasteiger partial charge is 0.392 e. The summed E-state index contributed by atoms with van der Waals surface area (Å²) in [7, 11) is 0. The van der Waals surface area contributed by atoms with Gasteiger partial charge < -0.3 is 10.2 Å². The second-order valence-electron chi connectivity index (χ2n) is 9.01. The molecule has 0 aromatic rings. The molecule has 0 aromatic heterocycles. The van der Waals surface area contributed by atoms with Crippen LogP contribution >= 0.6 is 0 Å². The van der Waals surface area contributed by atoms with Gasteiger partial charge in [-0.25, -0.2) is 0 Å². The molecule has 0 aliphatic heterocycles. The average molecular weight is 329 g/mol. The van der Waals surface area contributed by atoms with E-state index in [0.29, 0.717) is 31.1 Å². The highest BCUT2D eigenvalue weighted by molar-refractivity contribution is 5.91. The molecule has 0 aromatic carbocycles. The minimum Gasteiger partial charge on any atom is -0.392 e. The molecule has 2 N–H and O–H groups in total. The van der Waals surface area contributed by atoms with Gasteiger partial charge in [-0.1, -0.05) is 19.4 Å². The van der Waals surface area contributed by atoms with Crippen molar-refractivity contribution in [3.63, 3.8) is 0 Å². The first-order chi connectivity index (χ1) is 11.3. The zero-order valence-electron chi connectivity index (χ0n) is 14.6. The Morgan fingerprint density at radius 3 is 2.67 bits per heavy atom. The molecule has 4 aliphatic rings. The van der Waals surface area contributed by atoms with Crippen LogP contribution in [-0.2, 0) is 4.79 Å². The quantitative estimate of drug-likeness (QED) is 0.670. The minimum atomic E-state index is -1.42. The fourth-order valence-corrected chi connectivity index (χ4v) is 6.75. The van der Waals surface area contributed by atoms with Crippen molar-refractivity contribution in [3.8, 4) is 6.07 Å². The maximum absolute atomic E-state index is 11.8. The van der Waals surface area contributed by atoms with Crippen molar-refractivity contribution in [2.24, 2.45) is 28.6 Å². The number of hydrogen-bond acceptors (Lipinski definition) is 4. The van der Waals surface area contributed by atoms with Crippen LogP contribution in [0.4, 0.5) is 0 Å². The number of nitriles is 1. The molecule has 4 rings (SSSR count). The maximum Gasteiger partial charge on any atom is 0.159 e. The van der Waals surface area contributed by atoms with Gasteiger partial charge in [0, 0.05) is 11.8 Å². The molecule has 4 aliphatic carbocycles. The van der Waals surface area contributed by atoms with E-state index in [4.69, 9.17) is 0 Å².